The second-order valence-electron chi connectivity index (χ2n) is 6.89. The van der Waals surface area contributed by atoms with Crippen LogP contribution < -0.4 is 0 Å². The van der Waals surface area contributed by atoms with Crippen LogP contribution in [0, 0.1) is 12.7 Å². The summed E-state index contributed by atoms with van der Waals surface area (Å²) < 4.78 is 19.1. The molecular weight excluding hydrogens is 323 g/mol. The topological polar surface area (TPSA) is 49.9 Å². The van der Waals surface area contributed by atoms with Gasteiger partial charge in [-0.1, -0.05) is 12.1 Å². The summed E-state index contributed by atoms with van der Waals surface area (Å²) in [5.41, 5.74) is 0.631. The number of amides is 1. The maximum atomic E-state index is 14.2. The molecular formula is C19H25FN2O3. The third-order valence-electron chi connectivity index (χ3n) is 5.40. The molecule has 25 heavy (non-hydrogen) atoms. The van der Waals surface area contributed by atoms with Crippen molar-refractivity contribution in [1.29, 1.82) is 0 Å². The van der Waals surface area contributed by atoms with Crippen LogP contribution in [0.25, 0.3) is 0 Å². The van der Waals surface area contributed by atoms with Gasteiger partial charge in [-0.05, 0) is 57.3 Å². The lowest BCUT2D eigenvalue weighted by Crippen LogP contribution is -2.55. The van der Waals surface area contributed by atoms with Gasteiger partial charge in [0, 0.05) is 12.6 Å². The average Bonchev–Trinajstić information content (AvgIpc) is 3.15. The van der Waals surface area contributed by atoms with Crippen LogP contribution in [0.3, 0.4) is 0 Å². The smallest absolute Gasteiger partial charge is 0.328 e. The monoisotopic (exact) mass is 348 g/mol. The number of likely N-dealkylation sites (tertiary alicyclic amines) is 2. The van der Waals surface area contributed by atoms with Crippen LogP contribution in [-0.2, 0) is 9.53 Å². The van der Waals surface area contributed by atoms with Crippen LogP contribution in [0.1, 0.15) is 41.6 Å². The number of carbonyl (C=O) groups excluding carboxylic acids is 2. The summed E-state index contributed by atoms with van der Waals surface area (Å²) >= 11 is 0. The highest BCUT2D eigenvalue weighted by Gasteiger charge is 2.40. The zero-order chi connectivity index (χ0) is 18.0. The van der Waals surface area contributed by atoms with Gasteiger partial charge in [-0.2, -0.15) is 0 Å². The van der Waals surface area contributed by atoms with Crippen molar-refractivity contribution in [3.05, 3.63) is 35.1 Å². The van der Waals surface area contributed by atoms with Crippen molar-refractivity contribution in [2.75, 3.05) is 26.7 Å². The van der Waals surface area contributed by atoms with Crippen molar-refractivity contribution in [2.45, 2.75) is 44.7 Å². The molecule has 1 aromatic rings. The minimum absolute atomic E-state index is 0.0519. The Morgan fingerprint density at radius 1 is 1.20 bits per heavy atom. The van der Waals surface area contributed by atoms with Gasteiger partial charge in [0.05, 0.1) is 12.7 Å². The van der Waals surface area contributed by atoms with Crippen molar-refractivity contribution in [2.24, 2.45) is 0 Å². The van der Waals surface area contributed by atoms with E-state index in [0.717, 1.165) is 19.5 Å². The molecule has 5 nitrogen and oxygen atoms in total. The summed E-state index contributed by atoms with van der Waals surface area (Å²) in [6.45, 7) is 4.23. The molecule has 1 amide bonds. The van der Waals surface area contributed by atoms with E-state index in [0.29, 0.717) is 18.5 Å². The number of hydrogen-bond donors (Lipinski definition) is 0. The molecule has 2 aliphatic heterocycles. The van der Waals surface area contributed by atoms with Crippen LogP contribution in [0.2, 0.25) is 0 Å². The molecule has 136 valence electrons. The molecule has 2 atom stereocenters. The number of rotatable bonds is 3. The Morgan fingerprint density at radius 3 is 2.56 bits per heavy atom. The Balaban J connectivity index is 1.84. The molecule has 0 saturated carbocycles. The van der Waals surface area contributed by atoms with Crippen LogP contribution in [0.5, 0.6) is 0 Å². The normalized spacial score (nSPS) is 24.4. The lowest BCUT2D eigenvalue weighted by atomic mass is 9.94. The Morgan fingerprint density at radius 2 is 1.92 bits per heavy atom. The van der Waals surface area contributed by atoms with Gasteiger partial charge in [-0.25, -0.2) is 9.18 Å². The number of piperidine rings is 1. The van der Waals surface area contributed by atoms with Gasteiger partial charge in [-0.15, -0.1) is 0 Å². The van der Waals surface area contributed by atoms with E-state index in [1.807, 2.05) is 0 Å². The fourth-order valence-electron chi connectivity index (χ4n) is 4.03. The Kier molecular flexibility index (Phi) is 5.37. The van der Waals surface area contributed by atoms with E-state index < -0.39 is 23.7 Å². The van der Waals surface area contributed by atoms with E-state index >= 15 is 0 Å². The summed E-state index contributed by atoms with van der Waals surface area (Å²) in [6, 6.07) is 4.19. The molecule has 6 heteroatoms. The number of methoxy groups -OCH3 is 1. The molecule has 0 bridgehead atoms. The summed E-state index contributed by atoms with van der Waals surface area (Å²) in [4.78, 5) is 29.2. The molecule has 0 spiro atoms. The van der Waals surface area contributed by atoms with E-state index in [9.17, 15) is 14.0 Å². The number of nitrogens with zero attached hydrogens (tertiary/aromatic N) is 2. The predicted octanol–water partition coefficient (Wildman–Crippen LogP) is 2.38. The third kappa shape index (κ3) is 3.54. The van der Waals surface area contributed by atoms with Crippen LogP contribution >= 0.6 is 0 Å². The lowest BCUT2D eigenvalue weighted by molar-refractivity contribution is -0.148. The second-order valence-corrected chi connectivity index (χ2v) is 6.89. The number of ether oxygens (including phenoxy) is 1. The fraction of sp³-hybridized carbons (Fsp3) is 0.579. The van der Waals surface area contributed by atoms with Gasteiger partial charge in [0.25, 0.3) is 5.91 Å². The van der Waals surface area contributed by atoms with Gasteiger partial charge in [0.15, 0.2) is 0 Å². The third-order valence-corrected chi connectivity index (χ3v) is 5.40. The van der Waals surface area contributed by atoms with Crippen molar-refractivity contribution in [3.8, 4) is 0 Å². The Bertz CT molecular complexity index is 638. The van der Waals surface area contributed by atoms with Crippen molar-refractivity contribution >= 4 is 11.9 Å². The molecule has 2 unspecified atom stereocenters. The Labute approximate surface area is 147 Å². The number of carbonyl (C=O) groups is 2. The molecule has 0 radical (unpaired) electrons. The highest BCUT2D eigenvalue weighted by atomic mass is 19.1. The molecule has 2 saturated heterocycles. The first-order valence-corrected chi connectivity index (χ1v) is 8.91. The SMILES string of the molecule is COC(=O)C1CC(N2CCCC2)CCN1C(=O)c1c(C)cccc1F. The molecule has 1 aromatic carbocycles. The molecule has 2 aliphatic rings. The molecule has 0 aromatic heterocycles. The van der Waals surface area contributed by atoms with Crippen molar-refractivity contribution < 1.29 is 18.7 Å². The largest absolute Gasteiger partial charge is 0.467 e. The zero-order valence-electron chi connectivity index (χ0n) is 14.8. The van der Waals surface area contributed by atoms with E-state index in [4.69, 9.17) is 4.74 Å². The van der Waals surface area contributed by atoms with E-state index in [-0.39, 0.29) is 11.6 Å². The summed E-state index contributed by atoms with van der Waals surface area (Å²) in [7, 11) is 1.33. The summed E-state index contributed by atoms with van der Waals surface area (Å²) in [5, 5.41) is 0. The molecule has 3 rings (SSSR count). The highest BCUT2D eigenvalue weighted by Crippen LogP contribution is 2.28. The number of halogens is 1. The fourth-order valence-corrected chi connectivity index (χ4v) is 4.03. The molecule has 2 fully saturated rings. The predicted molar refractivity (Wildman–Crippen MR) is 91.8 cm³/mol. The standard InChI is InChI=1S/C19H25FN2O3/c1-13-6-5-7-15(20)17(13)18(23)22-11-8-14(21-9-3-4-10-21)12-16(22)19(24)25-2/h5-7,14,16H,3-4,8-12H2,1-2H3. The number of benzene rings is 1. The molecule has 0 aliphatic carbocycles. The first kappa shape index (κ1) is 17.9. The van der Waals surface area contributed by atoms with Crippen LogP contribution in [0.15, 0.2) is 18.2 Å². The Hall–Kier alpha value is -1.95. The number of aryl methyl sites for hydroxylation is 1. The minimum atomic E-state index is -0.657. The maximum absolute atomic E-state index is 14.2. The van der Waals surface area contributed by atoms with E-state index in [2.05, 4.69) is 4.90 Å². The average molecular weight is 348 g/mol. The summed E-state index contributed by atoms with van der Waals surface area (Å²) in [5.74, 6) is -1.40. The second kappa shape index (κ2) is 7.52. The van der Waals surface area contributed by atoms with Gasteiger partial charge in [0.2, 0.25) is 0 Å². The van der Waals surface area contributed by atoms with E-state index in [1.165, 1.54) is 30.9 Å². The van der Waals surface area contributed by atoms with Gasteiger partial charge in [0.1, 0.15) is 11.9 Å². The minimum Gasteiger partial charge on any atom is -0.467 e. The molecule has 2 heterocycles. The quantitative estimate of drug-likeness (QED) is 0.787. The van der Waals surface area contributed by atoms with Gasteiger partial charge >= 0.3 is 5.97 Å². The highest BCUT2D eigenvalue weighted by molar-refractivity contribution is 5.98. The van der Waals surface area contributed by atoms with Gasteiger partial charge in [-0.3, -0.25) is 4.79 Å². The van der Waals surface area contributed by atoms with Crippen LogP contribution in [0.4, 0.5) is 4.39 Å². The number of esters is 1. The lowest BCUT2D eigenvalue weighted by Gasteiger charge is -2.41. The zero-order valence-corrected chi connectivity index (χ0v) is 14.8. The maximum Gasteiger partial charge on any atom is 0.328 e. The van der Waals surface area contributed by atoms with Gasteiger partial charge < -0.3 is 14.5 Å². The first-order chi connectivity index (χ1) is 12.0. The number of hydrogen-bond acceptors (Lipinski definition) is 4. The van der Waals surface area contributed by atoms with Crippen molar-refractivity contribution in [1.82, 2.24) is 9.80 Å². The van der Waals surface area contributed by atoms with Crippen molar-refractivity contribution in [3.63, 3.8) is 0 Å². The summed E-state index contributed by atoms with van der Waals surface area (Å²) in [6.07, 6.45) is 3.70. The van der Waals surface area contributed by atoms with E-state index in [1.54, 1.807) is 19.1 Å². The first-order valence-electron chi connectivity index (χ1n) is 8.91. The van der Waals surface area contributed by atoms with Crippen LogP contribution in [-0.4, -0.2) is 60.5 Å². The molecule has 0 N–H and O–H groups in total.